The minimum Gasteiger partial charge on any atom is -0.481 e. The molecular weight excluding hydrogens is 464 g/mol. The number of nitrogens with one attached hydrogen (secondary N) is 2. The van der Waals surface area contributed by atoms with E-state index in [9.17, 15) is 19.5 Å². The molecule has 36 heavy (non-hydrogen) atoms. The third-order valence-electron chi connectivity index (χ3n) is 7.81. The van der Waals surface area contributed by atoms with Gasteiger partial charge < -0.3 is 25.2 Å². The molecule has 0 aromatic carbocycles. The molecule has 0 radical (unpaired) electrons. The largest absolute Gasteiger partial charge is 0.481 e. The summed E-state index contributed by atoms with van der Waals surface area (Å²) in [6.45, 7) is 8.06. The van der Waals surface area contributed by atoms with Crippen LogP contribution in [-0.4, -0.2) is 58.2 Å². The first-order chi connectivity index (χ1) is 16.9. The zero-order chi connectivity index (χ0) is 26.3. The summed E-state index contributed by atoms with van der Waals surface area (Å²) >= 11 is 0. The molecule has 5 rings (SSSR count). The van der Waals surface area contributed by atoms with Crippen LogP contribution in [0.1, 0.15) is 70.2 Å². The summed E-state index contributed by atoms with van der Waals surface area (Å²) < 4.78 is 12.2. The summed E-state index contributed by atoms with van der Waals surface area (Å²) in [7, 11) is 1.30. The zero-order valence-corrected chi connectivity index (χ0v) is 21.7. The van der Waals surface area contributed by atoms with Crippen molar-refractivity contribution in [2.75, 3.05) is 13.7 Å². The number of carboxylic acids is 1. The lowest BCUT2D eigenvalue weighted by Gasteiger charge is -2.58. The number of carbonyl (C=O) groups is 3. The molecule has 4 saturated carbocycles. The van der Waals surface area contributed by atoms with Crippen molar-refractivity contribution in [3.63, 3.8) is 0 Å². The molecule has 4 aliphatic rings. The van der Waals surface area contributed by atoms with Crippen LogP contribution in [0.3, 0.4) is 0 Å². The second kappa shape index (κ2) is 9.78. The molecule has 10 heteroatoms. The predicted octanol–water partition coefficient (Wildman–Crippen LogP) is 3.53. The van der Waals surface area contributed by atoms with E-state index in [1.165, 1.54) is 18.0 Å². The molecule has 1 aromatic rings. The summed E-state index contributed by atoms with van der Waals surface area (Å²) in [5.74, 6) is 0.412. The van der Waals surface area contributed by atoms with Crippen LogP contribution in [0.2, 0.25) is 0 Å². The van der Waals surface area contributed by atoms with Crippen LogP contribution in [-0.2, 0) is 9.53 Å². The number of amides is 2. The first kappa shape index (κ1) is 26.0. The maximum atomic E-state index is 13.5. The molecule has 4 aliphatic carbocycles. The SMILES string of the molecule is COC(=O)NC(C)(C)/C=C/n1ncc(C(=O)NC2C3CC4CC2CC(C(=O)O)(C4)C3)c1OCC(C)C. The molecule has 1 aromatic heterocycles. The van der Waals surface area contributed by atoms with E-state index in [0.29, 0.717) is 36.8 Å². The smallest absolute Gasteiger partial charge is 0.407 e. The predicted molar refractivity (Wildman–Crippen MR) is 132 cm³/mol. The maximum absolute atomic E-state index is 13.5. The Morgan fingerprint density at radius 3 is 2.50 bits per heavy atom. The first-order valence-electron chi connectivity index (χ1n) is 12.7. The van der Waals surface area contributed by atoms with Crippen LogP contribution in [0.25, 0.3) is 6.20 Å². The van der Waals surface area contributed by atoms with Gasteiger partial charge in [0.15, 0.2) is 0 Å². The van der Waals surface area contributed by atoms with Gasteiger partial charge in [-0.1, -0.05) is 13.8 Å². The van der Waals surface area contributed by atoms with E-state index in [2.05, 4.69) is 20.5 Å². The fraction of sp³-hybridized carbons (Fsp3) is 0.692. The van der Waals surface area contributed by atoms with E-state index in [-0.39, 0.29) is 29.7 Å². The van der Waals surface area contributed by atoms with Gasteiger partial charge in [-0.25, -0.2) is 9.48 Å². The number of nitrogens with zero attached hydrogens (tertiary/aromatic N) is 2. The number of methoxy groups -OCH3 is 1. The average Bonchev–Trinajstić information content (AvgIpc) is 3.20. The molecule has 3 N–H and O–H groups in total. The third-order valence-corrected chi connectivity index (χ3v) is 7.81. The highest BCUT2D eigenvalue weighted by Gasteiger charge is 2.59. The number of hydrogen-bond donors (Lipinski definition) is 3. The van der Waals surface area contributed by atoms with Crippen molar-refractivity contribution < 1.29 is 29.0 Å². The van der Waals surface area contributed by atoms with Crippen LogP contribution < -0.4 is 15.4 Å². The van der Waals surface area contributed by atoms with Crippen molar-refractivity contribution >= 4 is 24.2 Å². The fourth-order valence-electron chi connectivity index (χ4n) is 6.37. The van der Waals surface area contributed by atoms with E-state index >= 15 is 0 Å². The molecule has 2 unspecified atom stereocenters. The molecule has 0 spiro atoms. The Kier molecular flexibility index (Phi) is 7.07. The molecule has 0 aliphatic heterocycles. The van der Waals surface area contributed by atoms with E-state index in [1.54, 1.807) is 12.3 Å². The Bertz CT molecular complexity index is 1030. The fourth-order valence-corrected chi connectivity index (χ4v) is 6.37. The highest BCUT2D eigenvalue weighted by Crippen LogP contribution is 2.60. The van der Waals surface area contributed by atoms with Crippen molar-refractivity contribution in [3.05, 3.63) is 17.8 Å². The summed E-state index contributed by atoms with van der Waals surface area (Å²) in [5, 5.41) is 20.2. The second-order valence-corrected chi connectivity index (χ2v) is 11.7. The lowest BCUT2D eigenvalue weighted by molar-refractivity contribution is -0.166. The Hall–Kier alpha value is -3.04. The average molecular weight is 503 g/mol. The zero-order valence-electron chi connectivity index (χ0n) is 21.7. The highest BCUT2D eigenvalue weighted by atomic mass is 16.5. The van der Waals surface area contributed by atoms with Gasteiger partial charge in [0.25, 0.3) is 5.91 Å². The molecule has 10 nitrogen and oxygen atoms in total. The second-order valence-electron chi connectivity index (χ2n) is 11.7. The molecule has 1 heterocycles. The van der Waals surface area contributed by atoms with Crippen molar-refractivity contribution in [1.82, 2.24) is 20.4 Å². The molecular formula is C26H38N4O6. The van der Waals surface area contributed by atoms with E-state index < -0.39 is 23.0 Å². The number of aromatic nitrogens is 2. The summed E-state index contributed by atoms with van der Waals surface area (Å²) in [4.78, 5) is 37.1. The summed E-state index contributed by atoms with van der Waals surface area (Å²) in [6.07, 6.45) is 8.29. The van der Waals surface area contributed by atoms with Crippen molar-refractivity contribution in [2.24, 2.45) is 29.1 Å². The minimum absolute atomic E-state index is 0.0402. The van der Waals surface area contributed by atoms with Crippen LogP contribution >= 0.6 is 0 Å². The van der Waals surface area contributed by atoms with Gasteiger partial charge in [0, 0.05) is 12.2 Å². The summed E-state index contributed by atoms with van der Waals surface area (Å²) in [5.41, 5.74) is -1.01. The topological polar surface area (TPSA) is 132 Å². The standard InChI is InChI=1S/C26H38N4O6/c1-15(2)14-36-22-19(13-27-30(22)7-6-25(3,4)29-24(34)35-5)21(31)28-20-17-8-16-9-18(20)12-26(10-16,11-17)23(32)33/h6-7,13,15-18,20H,8-12,14H2,1-5H3,(H,28,31)(H,29,34)(H,32,33)/b7-6+. The van der Waals surface area contributed by atoms with Crippen LogP contribution in [0.15, 0.2) is 12.3 Å². The highest BCUT2D eigenvalue weighted by molar-refractivity contribution is 5.96. The Balaban J connectivity index is 1.53. The number of aliphatic carboxylic acids is 1. The van der Waals surface area contributed by atoms with Gasteiger partial charge in [-0.3, -0.25) is 9.59 Å². The number of ether oxygens (including phenoxy) is 2. The monoisotopic (exact) mass is 502 g/mol. The Morgan fingerprint density at radius 1 is 1.25 bits per heavy atom. The van der Waals surface area contributed by atoms with Gasteiger partial charge in [-0.15, -0.1) is 0 Å². The van der Waals surface area contributed by atoms with Crippen LogP contribution in [0.5, 0.6) is 5.88 Å². The molecule has 198 valence electrons. The van der Waals surface area contributed by atoms with Crippen LogP contribution in [0, 0.1) is 29.1 Å². The van der Waals surface area contributed by atoms with E-state index in [4.69, 9.17) is 4.74 Å². The van der Waals surface area contributed by atoms with E-state index in [1.807, 2.05) is 27.7 Å². The van der Waals surface area contributed by atoms with Gasteiger partial charge in [-0.05, 0) is 75.7 Å². The molecule has 2 atom stereocenters. The van der Waals surface area contributed by atoms with Gasteiger partial charge in [-0.2, -0.15) is 5.10 Å². The maximum Gasteiger partial charge on any atom is 0.407 e. The molecule has 4 bridgehead atoms. The lowest BCUT2D eigenvalue weighted by atomic mass is 9.48. The van der Waals surface area contributed by atoms with Gasteiger partial charge in [0.1, 0.15) is 5.56 Å². The number of hydrogen-bond acceptors (Lipinski definition) is 6. The van der Waals surface area contributed by atoms with Gasteiger partial charge >= 0.3 is 12.1 Å². The number of carboxylic acid groups (broad SMARTS) is 1. The third kappa shape index (κ3) is 5.22. The normalized spacial score (nSPS) is 28.9. The van der Waals surface area contributed by atoms with Crippen molar-refractivity contribution in [3.8, 4) is 5.88 Å². The van der Waals surface area contributed by atoms with Crippen LogP contribution in [0.4, 0.5) is 4.79 Å². The van der Waals surface area contributed by atoms with Gasteiger partial charge in [0.2, 0.25) is 5.88 Å². The lowest BCUT2D eigenvalue weighted by Crippen LogP contribution is -2.61. The number of carbonyl (C=O) groups excluding carboxylic acids is 2. The first-order valence-corrected chi connectivity index (χ1v) is 12.7. The molecule has 2 amide bonds. The van der Waals surface area contributed by atoms with E-state index in [0.717, 1.165) is 19.3 Å². The molecule has 4 fully saturated rings. The Labute approximate surface area is 211 Å². The van der Waals surface area contributed by atoms with Gasteiger partial charge in [0.05, 0.1) is 30.9 Å². The Morgan fingerprint density at radius 2 is 1.92 bits per heavy atom. The van der Waals surface area contributed by atoms with Crippen molar-refractivity contribution in [2.45, 2.75) is 71.4 Å². The number of alkyl carbamates (subject to hydrolysis) is 1. The summed E-state index contributed by atoms with van der Waals surface area (Å²) in [6, 6.07) is -0.0402. The quantitative estimate of drug-likeness (QED) is 0.471. The number of rotatable bonds is 9. The minimum atomic E-state index is -0.725. The molecule has 0 saturated heterocycles. The van der Waals surface area contributed by atoms with Crippen molar-refractivity contribution in [1.29, 1.82) is 0 Å².